The van der Waals surface area contributed by atoms with Crippen LogP contribution < -0.4 is 15.1 Å². The standard InChI is InChI=1S/C23H26F3N3O3S/c24-23(25,26)17-8-9-21(28-11-4-5-12-28)20(14-17)27-15-22(30)29(18-6-2-1-3-7-18)19-10-13-33(31,32)16-19/h1-3,6-9,14,19,27H,4-5,10-13,15-16H2. The van der Waals surface area contributed by atoms with E-state index in [1.807, 2.05) is 4.90 Å². The monoisotopic (exact) mass is 481 g/mol. The van der Waals surface area contributed by atoms with Crippen molar-refractivity contribution in [3.8, 4) is 0 Å². The third-order valence-electron chi connectivity index (χ3n) is 6.08. The minimum Gasteiger partial charge on any atom is -0.374 e. The maximum absolute atomic E-state index is 13.3. The second-order valence-electron chi connectivity index (χ2n) is 8.43. The number of halogens is 3. The molecule has 33 heavy (non-hydrogen) atoms. The number of sulfone groups is 1. The van der Waals surface area contributed by atoms with Crippen molar-refractivity contribution in [2.24, 2.45) is 0 Å². The molecule has 1 amide bonds. The lowest BCUT2D eigenvalue weighted by Crippen LogP contribution is -2.44. The summed E-state index contributed by atoms with van der Waals surface area (Å²) in [7, 11) is -3.23. The van der Waals surface area contributed by atoms with Gasteiger partial charge in [-0.3, -0.25) is 4.79 Å². The summed E-state index contributed by atoms with van der Waals surface area (Å²) in [6, 6.07) is 11.8. The third-order valence-corrected chi connectivity index (χ3v) is 7.83. The molecule has 1 atom stereocenters. The van der Waals surface area contributed by atoms with E-state index >= 15 is 0 Å². The number of nitrogens with zero attached hydrogens (tertiary/aromatic N) is 2. The second-order valence-corrected chi connectivity index (χ2v) is 10.7. The summed E-state index contributed by atoms with van der Waals surface area (Å²) in [6.45, 7) is 1.22. The van der Waals surface area contributed by atoms with Gasteiger partial charge in [0, 0.05) is 18.8 Å². The van der Waals surface area contributed by atoms with Gasteiger partial charge in [0.2, 0.25) is 5.91 Å². The first kappa shape index (κ1) is 23.4. The number of amides is 1. The van der Waals surface area contributed by atoms with Gasteiger partial charge in [0.05, 0.1) is 41.0 Å². The van der Waals surface area contributed by atoms with E-state index in [9.17, 15) is 26.4 Å². The van der Waals surface area contributed by atoms with E-state index in [1.54, 1.807) is 30.3 Å². The van der Waals surface area contributed by atoms with Gasteiger partial charge in [0.25, 0.3) is 0 Å². The number of alkyl halides is 3. The Kier molecular flexibility index (Phi) is 6.56. The predicted molar refractivity (Wildman–Crippen MR) is 122 cm³/mol. The van der Waals surface area contributed by atoms with Crippen molar-refractivity contribution in [1.82, 2.24) is 0 Å². The van der Waals surface area contributed by atoms with E-state index in [0.29, 0.717) is 17.8 Å². The first-order valence-corrected chi connectivity index (χ1v) is 12.7. The minimum atomic E-state index is -4.50. The number of hydrogen-bond donors (Lipinski definition) is 1. The Balaban J connectivity index is 1.59. The molecule has 2 heterocycles. The summed E-state index contributed by atoms with van der Waals surface area (Å²) in [4.78, 5) is 16.7. The van der Waals surface area contributed by atoms with Crippen LogP contribution in [0.25, 0.3) is 0 Å². The lowest BCUT2D eigenvalue weighted by atomic mass is 10.1. The Labute approximate surface area is 191 Å². The highest BCUT2D eigenvalue weighted by Gasteiger charge is 2.36. The Morgan fingerprint density at radius 2 is 1.79 bits per heavy atom. The van der Waals surface area contributed by atoms with Crippen LogP contribution >= 0.6 is 0 Å². The molecular formula is C23H26F3N3O3S. The highest BCUT2D eigenvalue weighted by atomic mass is 32.2. The number of hydrogen-bond acceptors (Lipinski definition) is 5. The number of benzene rings is 2. The molecule has 2 fully saturated rings. The molecule has 2 aromatic rings. The van der Waals surface area contributed by atoms with E-state index in [4.69, 9.17) is 0 Å². The minimum absolute atomic E-state index is 0.00838. The average Bonchev–Trinajstić information content (AvgIpc) is 3.42. The molecule has 2 aliphatic rings. The fourth-order valence-electron chi connectivity index (χ4n) is 4.47. The van der Waals surface area contributed by atoms with E-state index < -0.39 is 33.5 Å². The van der Waals surface area contributed by atoms with Crippen LogP contribution in [0, 0.1) is 0 Å². The van der Waals surface area contributed by atoms with Crippen molar-refractivity contribution in [2.45, 2.75) is 31.5 Å². The average molecular weight is 482 g/mol. The van der Waals surface area contributed by atoms with Crippen molar-refractivity contribution in [3.05, 3.63) is 54.1 Å². The van der Waals surface area contributed by atoms with E-state index in [0.717, 1.165) is 38.1 Å². The fraction of sp³-hybridized carbons (Fsp3) is 0.435. The zero-order chi connectivity index (χ0) is 23.6. The highest BCUT2D eigenvalue weighted by molar-refractivity contribution is 7.91. The van der Waals surface area contributed by atoms with Crippen molar-refractivity contribution >= 4 is 32.8 Å². The summed E-state index contributed by atoms with van der Waals surface area (Å²) in [5.41, 5.74) is 0.646. The van der Waals surface area contributed by atoms with Gasteiger partial charge < -0.3 is 15.1 Å². The number of rotatable bonds is 6. The van der Waals surface area contributed by atoms with Crippen molar-refractivity contribution in [1.29, 1.82) is 0 Å². The van der Waals surface area contributed by atoms with E-state index in [-0.39, 0.29) is 23.7 Å². The van der Waals surface area contributed by atoms with Gasteiger partial charge in [0.15, 0.2) is 9.84 Å². The molecule has 0 saturated carbocycles. The molecule has 6 nitrogen and oxygen atoms in total. The quantitative estimate of drug-likeness (QED) is 0.677. The summed E-state index contributed by atoms with van der Waals surface area (Å²) >= 11 is 0. The maximum atomic E-state index is 13.3. The van der Waals surface area contributed by atoms with Crippen LogP contribution in [0.1, 0.15) is 24.8 Å². The van der Waals surface area contributed by atoms with Crippen LogP contribution in [0.4, 0.5) is 30.2 Å². The predicted octanol–water partition coefficient (Wildman–Crippen LogP) is 3.94. The number of carbonyl (C=O) groups is 1. The van der Waals surface area contributed by atoms with Crippen LogP contribution in [0.15, 0.2) is 48.5 Å². The molecule has 2 aliphatic heterocycles. The molecule has 1 unspecified atom stereocenters. The second kappa shape index (κ2) is 9.24. The largest absolute Gasteiger partial charge is 0.416 e. The van der Waals surface area contributed by atoms with Crippen molar-refractivity contribution in [3.63, 3.8) is 0 Å². The molecule has 1 N–H and O–H groups in total. The van der Waals surface area contributed by atoms with Crippen LogP contribution in [0.2, 0.25) is 0 Å². The van der Waals surface area contributed by atoms with Crippen molar-refractivity contribution < 1.29 is 26.4 Å². The molecule has 0 radical (unpaired) electrons. The first-order valence-electron chi connectivity index (χ1n) is 10.9. The Hall–Kier alpha value is -2.75. The third kappa shape index (κ3) is 5.43. The first-order chi connectivity index (χ1) is 15.6. The molecule has 0 spiro atoms. The molecule has 0 aliphatic carbocycles. The highest BCUT2D eigenvalue weighted by Crippen LogP contribution is 2.36. The van der Waals surface area contributed by atoms with Gasteiger partial charge in [0.1, 0.15) is 0 Å². The zero-order valence-corrected chi connectivity index (χ0v) is 18.8. The number of nitrogens with one attached hydrogen (secondary N) is 1. The van der Waals surface area contributed by atoms with Gasteiger partial charge >= 0.3 is 6.18 Å². The molecule has 10 heteroatoms. The van der Waals surface area contributed by atoms with Gasteiger partial charge in [-0.05, 0) is 49.6 Å². The zero-order valence-electron chi connectivity index (χ0n) is 18.0. The number of anilines is 3. The molecule has 0 bridgehead atoms. The van der Waals surface area contributed by atoms with Crippen LogP contribution in [-0.2, 0) is 20.8 Å². The van der Waals surface area contributed by atoms with E-state index in [2.05, 4.69) is 5.32 Å². The Bertz CT molecular complexity index is 1100. The van der Waals surface area contributed by atoms with Gasteiger partial charge in [-0.25, -0.2) is 8.42 Å². The van der Waals surface area contributed by atoms with Gasteiger partial charge in [-0.15, -0.1) is 0 Å². The summed E-state index contributed by atoms with van der Waals surface area (Å²) in [6.07, 6.45) is -2.27. The molecule has 178 valence electrons. The van der Waals surface area contributed by atoms with Gasteiger partial charge in [-0.2, -0.15) is 13.2 Å². The SMILES string of the molecule is O=C(CNc1cc(C(F)(F)F)ccc1N1CCCC1)N(c1ccccc1)C1CCS(=O)(=O)C1. The molecular weight excluding hydrogens is 455 g/mol. The lowest BCUT2D eigenvalue weighted by molar-refractivity contribution is -0.137. The normalized spacial score (nSPS) is 20.1. The van der Waals surface area contributed by atoms with Crippen LogP contribution in [0.3, 0.4) is 0 Å². The number of carbonyl (C=O) groups excluding carboxylic acids is 1. The summed E-state index contributed by atoms with van der Waals surface area (Å²) < 4.78 is 64.1. The Morgan fingerprint density at radius 3 is 2.39 bits per heavy atom. The topological polar surface area (TPSA) is 69.7 Å². The Morgan fingerprint density at radius 1 is 1.09 bits per heavy atom. The summed E-state index contributed by atoms with van der Waals surface area (Å²) in [5, 5.41) is 2.91. The fourth-order valence-corrected chi connectivity index (χ4v) is 6.17. The van der Waals surface area contributed by atoms with Crippen LogP contribution in [-0.4, -0.2) is 51.5 Å². The molecule has 2 saturated heterocycles. The van der Waals surface area contributed by atoms with E-state index in [1.165, 1.54) is 11.0 Å². The number of para-hydroxylation sites is 1. The van der Waals surface area contributed by atoms with Crippen LogP contribution in [0.5, 0.6) is 0 Å². The smallest absolute Gasteiger partial charge is 0.374 e. The lowest BCUT2D eigenvalue weighted by Gasteiger charge is -2.29. The molecule has 0 aromatic heterocycles. The summed E-state index contributed by atoms with van der Waals surface area (Å²) in [5.74, 6) is -0.516. The molecule has 2 aromatic carbocycles. The van der Waals surface area contributed by atoms with Crippen molar-refractivity contribution in [2.75, 3.05) is 46.3 Å². The molecule has 4 rings (SSSR count). The van der Waals surface area contributed by atoms with Gasteiger partial charge in [-0.1, -0.05) is 18.2 Å². The maximum Gasteiger partial charge on any atom is 0.416 e.